The predicted octanol–water partition coefficient (Wildman–Crippen LogP) is 5.06. The van der Waals surface area contributed by atoms with Gasteiger partial charge in [-0.2, -0.15) is 10.2 Å². The zero-order valence-corrected chi connectivity index (χ0v) is 20.7. The summed E-state index contributed by atoms with van der Waals surface area (Å²) in [4.78, 5) is 22.9. The number of anilines is 5. The molecule has 1 fully saturated rings. The molecule has 1 saturated heterocycles. The summed E-state index contributed by atoms with van der Waals surface area (Å²) < 4.78 is 0. The molecule has 0 amide bonds. The molecule has 0 radical (unpaired) electrons. The Labute approximate surface area is 215 Å². The van der Waals surface area contributed by atoms with Crippen molar-refractivity contribution < 1.29 is 9.90 Å². The van der Waals surface area contributed by atoms with Gasteiger partial charge in [-0.05, 0) is 55.7 Å². The van der Waals surface area contributed by atoms with Crippen LogP contribution in [0.1, 0.15) is 29.5 Å². The monoisotopic (exact) mass is 502 g/mol. The van der Waals surface area contributed by atoms with Crippen LogP contribution in [0.3, 0.4) is 0 Å². The third kappa shape index (κ3) is 5.65. The highest BCUT2D eigenvalue weighted by atomic mass is 35.5. The number of aryl methyl sites for hydroxylation is 1. The fraction of sp³-hybridized carbons (Fsp3) is 0.259. The minimum absolute atomic E-state index is 0.0667. The fourth-order valence-corrected chi connectivity index (χ4v) is 4.43. The van der Waals surface area contributed by atoms with Crippen molar-refractivity contribution >= 4 is 46.2 Å². The summed E-state index contributed by atoms with van der Waals surface area (Å²) in [6, 6.07) is 13.6. The van der Waals surface area contributed by atoms with Gasteiger partial charge in [-0.3, -0.25) is 4.79 Å². The van der Waals surface area contributed by atoms with Crippen molar-refractivity contribution in [3.05, 3.63) is 77.0 Å². The highest BCUT2D eigenvalue weighted by Crippen LogP contribution is 2.31. The van der Waals surface area contributed by atoms with E-state index in [-0.39, 0.29) is 30.8 Å². The highest BCUT2D eigenvalue weighted by Gasteiger charge is 2.24. The van der Waals surface area contributed by atoms with Gasteiger partial charge in [-0.1, -0.05) is 35.9 Å². The number of rotatable bonds is 9. The molecule has 9 heteroatoms. The van der Waals surface area contributed by atoms with Gasteiger partial charge < -0.3 is 20.6 Å². The molecule has 4 rings (SSSR count). The van der Waals surface area contributed by atoms with Crippen LogP contribution in [0, 0.1) is 18.3 Å². The zero-order valence-electron chi connectivity index (χ0n) is 20.0. The van der Waals surface area contributed by atoms with E-state index in [9.17, 15) is 15.2 Å². The second kappa shape index (κ2) is 11.2. The van der Waals surface area contributed by atoms with E-state index in [0.717, 1.165) is 36.2 Å². The summed E-state index contributed by atoms with van der Waals surface area (Å²) >= 11 is 6.37. The van der Waals surface area contributed by atoms with Crippen molar-refractivity contribution in [3.63, 3.8) is 0 Å². The molecule has 0 bridgehead atoms. The Morgan fingerprint density at radius 1 is 1.31 bits per heavy atom. The number of nitrogens with one attached hydrogen (secondary N) is 2. The van der Waals surface area contributed by atoms with Crippen LogP contribution in [0.25, 0.3) is 0 Å². The molecule has 1 aromatic heterocycles. The fourth-order valence-electron chi connectivity index (χ4n) is 4.29. The molecular formula is C27H27ClN6O2. The van der Waals surface area contributed by atoms with Crippen LogP contribution in [0.5, 0.6) is 0 Å². The molecule has 1 aliphatic rings. The Morgan fingerprint density at radius 3 is 2.86 bits per heavy atom. The van der Waals surface area contributed by atoms with E-state index in [1.807, 2.05) is 37.3 Å². The Morgan fingerprint density at radius 2 is 2.11 bits per heavy atom. The standard InChI is InChI=1S/C27H27ClN6O2/c1-3-22(36)13-18-11-17(2)6-8-24(18)31-26-23(28)15-30-27(33-26)32-25-9-7-20(12-19(25)14-29)34-10-4-5-21(34)16-35/h3,6-9,11-12,15,21,35H,1,4-5,10,13,16H2,2H3,(H2,30,31,32,33)/t21-/m1/s1. The summed E-state index contributed by atoms with van der Waals surface area (Å²) in [5, 5.41) is 26.0. The van der Waals surface area contributed by atoms with Gasteiger partial charge in [-0.25, -0.2) is 4.98 Å². The van der Waals surface area contributed by atoms with Gasteiger partial charge in [0.25, 0.3) is 0 Å². The maximum absolute atomic E-state index is 12.0. The second-order valence-corrected chi connectivity index (χ2v) is 9.07. The maximum atomic E-state index is 12.0. The Hall–Kier alpha value is -3.93. The van der Waals surface area contributed by atoms with Crippen molar-refractivity contribution in [2.75, 3.05) is 28.7 Å². The van der Waals surface area contributed by atoms with Crippen LogP contribution < -0.4 is 15.5 Å². The summed E-state index contributed by atoms with van der Waals surface area (Å²) in [7, 11) is 0. The number of aliphatic hydroxyl groups excluding tert-OH is 1. The Kier molecular flexibility index (Phi) is 7.84. The smallest absolute Gasteiger partial charge is 0.229 e. The SMILES string of the molecule is C=CC(=O)Cc1cc(C)ccc1Nc1nc(Nc2ccc(N3CCC[C@@H]3CO)cc2C#N)ncc1Cl. The molecule has 0 aliphatic carbocycles. The van der Waals surface area contributed by atoms with Crippen LogP contribution in [0.15, 0.2) is 55.3 Å². The molecule has 36 heavy (non-hydrogen) atoms. The van der Waals surface area contributed by atoms with E-state index in [4.69, 9.17) is 11.6 Å². The molecule has 1 aliphatic heterocycles. The molecule has 0 spiro atoms. The van der Waals surface area contributed by atoms with Crippen LogP contribution in [-0.2, 0) is 11.2 Å². The number of hydrogen-bond donors (Lipinski definition) is 3. The average Bonchev–Trinajstić information content (AvgIpc) is 3.36. The van der Waals surface area contributed by atoms with E-state index in [1.54, 1.807) is 6.07 Å². The molecular weight excluding hydrogens is 476 g/mol. The molecule has 8 nitrogen and oxygen atoms in total. The minimum Gasteiger partial charge on any atom is -0.394 e. The van der Waals surface area contributed by atoms with Crippen LogP contribution in [-0.4, -0.2) is 40.1 Å². The highest BCUT2D eigenvalue weighted by molar-refractivity contribution is 6.32. The number of nitriles is 1. The Bertz CT molecular complexity index is 1340. The normalized spacial score (nSPS) is 14.8. The lowest BCUT2D eigenvalue weighted by Crippen LogP contribution is -2.32. The van der Waals surface area contributed by atoms with Crippen molar-refractivity contribution in [2.24, 2.45) is 0 Å². The number of carbonyl (C=O) groups excluding carboxylic acids is 1. The third-order valence-electron chi connectivity index (χ3n) is 6.14. The van der Waals surface area contributed by atoms with Crippen LogP contribution in [0.4, 0.5) is 28.8 Å². The summed E-state index contributed by atoms with van der Waals surface area (Å²) in [6.45, 7) is 6.44. The van der Waals surface area contributed by atoms with Crippen molar-refractivity contribution in [3.8, 4) is 6.07 Å². The Balaban J connectivity index is 1.58. The van der Waals surface area contributed by atoms with Crippen molar-refractivity contribution in [1.82, 2.24) is 9.97 Å². The lowest BCUT2D eigenvalue weighted by atomic mass is 10.0. The first-order valence-corrected chi connectivity index (χ1v) is 12.0. The zero-order chi connectivity index (χ0) is 25.7. The van der Waals surface area contributed by atoms with Gasteiger partial charge in [0.15, 0.2) is 11.6 Å². The topological polar surface area (TPSA) is 114 Å². The van der Waals surface area contributed by atoms with Crippen LogP contribution >= 0.6 is 11.6 Å². The molecule has 2 heterocycles. The lowest BCUT2D eigenvalue weighted by Gasteiger charge is -2.25. The van der Waals surface area contributed by atoms with E-state index in [0.29, 0.717) is 27.8 Å². The van der Waals surface area contributed by atoms with E-state index < -0.39 is 0 Å². The molecule has 0 unspecified atom stereocenters. The molecule has 184 valence electrons. The molecule has 1 atom stereocenters. The summed E-state index contributed by atoms with van der Waals surface area (Å²) in [6.07, 6.45) is 4.91. The number of benzene rings is 2. The molecule has 3 aromatic rings. The predicted molar refractivity (Wildman–Crippen MR) is 142 cm³/mol. The van der Waals surface area contributed by atoms with Crippen LogP contribution in [0.2, 0.25) is 5.02 Å². The number of hydrogen-bond acceptors (Lipinski definition) is 8. The van der Waals surface area contributed by atoms with E-state index >= 15 is 0 Å². The largest absolute Gasteiger partial charge is 0.394 e. The van der Waals surface area contributed by atoms with Gasteiger partial charge in [0, 0.05) is 24.3 Å². The number of carbonyl (C=O) groups is 1. The minimum atomic E-state index is -0.0912. The van der Waals surface area contributed by atoms with Gasteiger partial charge in [0.05, 0.1) is 30.1 Å². The first-order chi connectivity index (χ1) is 17.4. The lowest BCUT2D eigenvalue weighted by molar-refractivity contribution is -0.114. The summed E-state index contributed by atoms with van der Waals surface area (Å²) in [5.74, 6) is 0.534. The molecule has 0 saturated carbocycles. The van der Waals surface area contributed by atoms with E-state index in [2.05, 4.69) is 38.1 Å². The third-order valence-corrected chi connectivity index (χ3v) is 6.42. The van der Waals surface area contributed by atoms with Gasteiger partial charge in [-0.15, -0.1) is 0 Å². The number of ketones is 1. The molecule has 2 aromatic carbocycles. The van der Waals surface area contributed by atoms with Crippen molar-refractivity contribution in [2.45, 2.75) is 32.2 Å². The number of aliphatic hydroxyl groups is 1. The first-order valence-electron chi connectivity index (χ1n) is 11.6. The maximum Gasteiger partial charge on any atom is 0.229 e. The number of nitrogens with zero attached hydrogens (tertiary/aromatic N) is 4. The molecule has 3 N–H and O–H groups in total. The van der Waals surface area contributed by atoms with Gasteiger partial charge in [0.1, 0.15) is 11.1 Å². The van der Waals surface area contributed by atoms with Crippen molar-refractivity contribution in [1.29, 1.82) is 5.26 Å². The number of aromatic nitrogens is 2. The average molecular weight is 503 g/mol. The number of halogens is 1. The number of allylic oxidation sites excluding steroid dienone is 1. The first kappa shape index (κ1) is 25.2. The van der Waals surface area contributed by atoms with E-state index in [1.165, 1.54) is 12.3 Å². The quantitative estimate of drug-likeness (QED) is 0.348. The van der Waals surface area contributed by atoms with Gasteiger partial charge in [0.2, 0.25) is 5.95 Å². The second-order valence-electron chi connectivity index (χ2n) is 8.66. The summed E-state index contributed by atoms with van der Waals surface area (Å²) in [5.41, 5.74) is 4.42. The van der Waals surface area contributed by atoms with Gasteiger partial charge >= 0.3 is 0 Å².